The molecule has 0 amide bonds. The maximum Gasteiger partial charge on any atom is 0.132 e. The van der Waals surface area contributed by atoms with Crippen LogP contribution in [0.5, 0.6) is 5.75 Å². The molecule has 0 aliphatic carbocycles. The van der Waals surface area contributed by atoms with Crippen LogP contribution in [0.2, 0.25) is 0 Å². The van der Waals surface area contributed by atoms with E-state index in [0.29, 0.717) is 13.2 Å². The molecule has 6 heteroatoms. The number of benzene rings is 2. The van der Waals surface area contributed by atoms with E-state index in [1.165, 1.54) is 10.9 Å². The van der Waals surface area contributed by atoms with Crippen molar-refractivity contribution in [3.63, 3.8) is 0 Å². The highest BCUT2D eigenvalue weighted by molar-refractivity contribution is 5.84. The molecule has 4 rings (SSSR count). The molecule has 0 saturated carbocycles. The lowest BCUT2D eigenvalue weighted by Gasteiger charge is -2.34. The van der Waals surface area contributed by atoms with E-state index in [9.17, 15) is 0 Å². The first kappa shape index (κ1) is 17.7. The summed E-state index contributed by atoms with van der Waals surface area (Å²) in [6.07, 6.45) is 1.60. The molecule has 1 aliphatic rings. The Hall–Kier alpha value is -2.70. The van der Waals surface area contributed by atoms with Gasteiger partial charge in [0.25, 0.3) is 0 Å². The molecule has 0 spiro atoms. The Bertz CT molecular complexity index is 931. The van der Waals surface area contributed by atoms with Gasteiger partial charge in [-0.25, -0.2) is 9.97 Å². The summed E-state index contributed by atoms with van der Waals surface area (Å²) in [4.78, 5) is 10.9. The lowest BCUT2D eigenvalue weighted by Crippen LogP contribution is -2.39. The van der Waals surface area contributed by atoms with Crippen LogP contribution >= 0.6 is 0 Å². The standard InChI is InChI=1S/C21H23N3O3/c1-25-13-18-11-21(23-14-22-18)24-7-8-27-20(12-24)17-4-3-16-10-19(26-2)6-5-15(16)9-17/h3-6,9-11,14,20H,7-8,12-13H2,1-2H3/t20-/m1/s1. The first-order valence-electron chi connectivity index (χ1n) is 9.01. The van der Waals surface area contributed by atoms with Crippen LogP contribution in [-0.4, -0.2) is 43.9 Å². The minimum atomic E-state index is 0.00564. The molecule has 27 heavy (non-hydrogen) atoms. The average molecular weight is 365 g/mol. The number of methoxy groups -OCH3 is 2. The summed E-state index contributed by atoms with van der Waals surface area (Å²) >= 11 is 0. The number of hydrogen-bond donors (Lipinski definition) is 0. The second-order valence-electron chi connectivity index (χ2n) is 6.58. The summed E-state index contributed by atoms with van der Waals surface area (Å²) in [5.41, 5.74) is 2.05. The minimum Gasteiger partial charge on any atom is -0.497 e. The molecule has 0 unspecified atom stereocenters. The third-order valence-electron chi connectivity index (χ3n) is 4.84. The van der Waals surface area contributed by atoms with Crippen molar-refractivity contribution in [3.8, 4) is 5.75 Å². The van der Waals surface area contributed by atoms with Crippen molar-refractivity contribution < 1.29 is 14.2 Å². The number of aromatic nitrogens is 2. The zero-order valence-electron chi connectivity index (χ0n) is 15.6. The number of rotatable bonds is 5. The van der Waals surface area contributed by atoms with E-state index in [0.717, 1.165) is 35.7 Å². The third kappa shape index (κ3) is 3.86. The molecule has 3 aromatic rings. The Morgan fingerprint density at radius 3 is 2.78 bits per heavy atom. The number of ether oxygens (including phenoxy) is 3. The van der Waals surface area contributed by atoms with Crippen molar-refractivity contribution in [1.82, 2.24) is 9.97 Å². The summed E-state index contributed by atoms with van der Waals surface area (Å²) in [6.45, 7) is 2.71. The highest BCUT2D eigenvalue weighted by Crippen LogP contribution is 2.29. The molecule has 0 radical (unpaired) electrons. The van der Waals surface area contributed by atoms with E-state index in [1.54, 1.807) is 20.5 Å². The summed E-state index contributed by atoms with van der Waals surface area (Å²) in [5, 5.41) is 2.34. The Morgan fingerprint density at radius 1 is 1.07 bits per heavy atom. The number of anilines is 1. The second kappa shape index (κ2) is 7.90. The number of hydrogen-bond acceptors (Lipinski definition) is 6. The second-order valence-corrected chi connectivity index (χ2v) is 6.58. The van der Waals surface area contributed by atoms with Crippen molar-refractivity contribution >= 4 is 16.6 Å². The van der Waals surface area contributed by atoms with Crippen LogP contribution in [0.3, 0.4) is 0 Å². The van der Waals surface area contributed by atoms with Gasteiger partial charge in [0, 0.05) is 26.3 Å². The molecule has 0 bridgehead atoms. The van der Waals surface area contributed by atoms with Gasteiger partial charge in [-0.15, -0.1) is 0 Å². The Labute approximate surface area is 158 Å². The van der Waals surface area contributed by atoms with Crippen molar-refractivity contribution in [1.29, 1.82) is 0 Å². The van der Waals surface area contributed by atoms with Crippen molar-refractivity contribution in [2.45, 2.75) is 12.7 Å². The van der Waals surface area contributed by atoms with Crippen molar-refractivity contribution in [2.24, 2.45) is 0 Å². The molecule has 6 nitrogen and oxygen atoms in total. The highest BCUT2D eigenvalue weighted by Gasteiger charge is 2.23. The number of morpholine rings is 1. The van der Waals surface area contributed by atoms with Gasteiger partial charge >= 0.3 is 0 Å². The maximum atomic E-state index is 6.05. The van der Waals surface area contributed by atoms with Crippen molar-refractivity contribution in [2.75, 3.05) is 38.8 Å². The normalized spacial score (nSPS) is 17.3. The van der Waals surface area contributed by atoms with E-state index >= 15 is 0 Å². The summed E-state index contributed by atoms with van der Waals surface area (Å²) in [7, 11) is 3.35. The van der Waals surface area contributed by atoms with Gasteiger partial charge in [-0.1, -0.05) is 18.2 Å². The Morgan fingerprint density at radius 2 is 1.93 bits per heavy atom. The fourth-order valence-electron chi connectivity index (χ4n) is 3.41. The Balaban J connectivity index is 1.56. The molecule has 2 aromatic carbocycles. The molecule has 1 fully saturated rings. The van der Waals surface area contributed by atoms with Gasteiger partial charge in [0.1, 0.15) is 24.0 Å². The van der Waals surface area contributed by atoms with Gasteiger partial charge in [0.05, 0.1) is 26.0 Å². The first-order valence-corrected chi connectivity index (χ1v) is 9.01. The predicted octanol–water partition coefficient (Wildman–Crippen LogP) is 3.36. The van der Waals surface area contributed by atoms with Gasteiger partial charge in [0.15, 0.2) is 0 Å². The topological polar surface area (TPSA) is 56.7 Å². The van der Waals surface area contributed by atoms with Crippen LogP contribution in [0.1, 0.15) is 17.4 Å². The van der Waals surface area contributed by atoms with Crippen LogP contribution in [-0.2, 0) is 16.1 Å². The molecule has 1 atom stereocenters. The van der Waals surface area contributed by atoms with E-state index in [4.69, 9.17) is 14.2 Å². The molecule has 140 valence electrons. The fourth-order valence-corrected chi connectivity index (χ4v) is 3.41. The van der Waals surface area contributed by atoms with Crippen LogP contribution < -0.4 is 9.64 Å². The largest absolute Gasteiger partial charge is 0.497 e. The fraction of sp³-hybridized carbons (Fsp3) is 0.333. The summed E-state index contributed by atoms with van der Waals surface area (Å²) in [5.74, 6) is 1.78. The lowest BCUT2D eigenvalue weighted by molar-refractivity contribution is 0.0396. The molecule has 1 saturated heterocycles. The zero-order valence-corrected chi connectivity index (χ0v) is 15.6. The quantitative estimate of drug-likeness (QED) is 0.691. The van der Waals surface area contributed by atoms with Gasteiger partial charge in [0.2, 0.25) is 0 Å². The van der Waals surface area contributed by atoms with Gasteiger partial charge < -0.3 is 19.1 Å². The first-order chi connectivity index (χ1) is 13.3. The molecule has 0 N–H and O–H groups in total. The van der Waals surface area contributed by atoms with Crippen LogP contribution in [0.25, 0.3) is 10.8 Å². The molecule has 1 aliphatic heterocycles. The zero-order chi connectivity index (χ0) is 18.6. The number of nitrogens with zero attached hydrogens (tertiary/aromatic N) is 3. The SMILES string of the molecule is COCc1cc(N2CCO[C@@H](c3ccc4cc(OC)ccc4c3)C2)ncn1. The smallest absolute Gasteiger partial charge is 0.132 e. The van der Waals surface area contributed by atoms with E-state index in [1.807, 2.05) is 18.2 Å². The van der Waals surface area contributed by atoms with Crippen LogP contribution in [0.15, 0.2) is 48.8 Å². The molecule has 1 aromatic heterocycles. The minimum absolute atomic E-state index is 0.00564. The molecule has 2 heterocycles. The van der Waals surface area contributed by atoms with Gasteiger partial charge in [-0.05, 0) is 34.5 Å². The third-order valence-corrected chi connectivity index (χ3v) is 4.84. The van der Waals surface area contributed by atoms with E-state index in [2.05, 4.69) is 39.1 Å². The molecular weight excluding hydrogens is 342 g/mol. The predicted molar refractivity (Wildman–Crippen MR) is 104 cm³/mol. The van der Waals surface area contributed by atoms with Crippen LogP contribution in [0, 0.1) is 0 Å². The van der Waals surface area contributed by atoms with Gasteiger partial charge in [-0.3, -0.25) is 0 Å². The lowest BCUT2D eigenvalue weighted by atomic mass is 10.0. The Kier molecular flexibility index (Phi) is 5.18. The molecular formula is C21H23N3O3. The van der Waals surface area contributed by atoms with Crippen LogP contribution in [0.4, 0.5) is 5.82 Å². The monoisotopic (exact) mass is 365 g/mol. The van der Waals surface area contributed by atoms with Gasteiger partial charge in [-0.2, -0.15) is 0 Å². The highest BCUT2D eigenvalue weighted by atomic mass is 16.5. The summed E-state index contributed by atoms with van der Waals surface area (Å²) < 4.78 is 16.5. The van der Waals surface area contributed by atoms with E-state index < -0.39 is 0 Å². The maximum absolute atomic E-state index is 6.05. The van der Waals surface area contributed by atoms with E-state index in [-0.39, 0.29) is 6.10 Å². The average Bonchev–Trinajstić information content (AvgIpc) is 2.73. The number of fused-ring (bicyclic) bond motifs is 1. The van der Waals surface area contributed by atoms with Crippen molar-refractivity contribution in [3.05, 3.63) is 60.0 Å². The summed E-state index contributed by atoms with van der Waals surface area (Å²) in [6, 6.07) is 14.5.